The molecule has 0 aliphatic carbocycles. The highest BCUT2D eigenvalue weighted by molar-refractivity contribution is 6.07. The van der Waals surface area contributed by atoms with Crippen LogP contribution in [0.25, 0.3) is 10.4 Å². The number of hydrogen-bond donors (Lipinski definition) is 0. The van der Waals surface area contributed by atoms with E-state index in [1.165, 1.54) is 0 Å². The first kappa shape index (κ1) is 12.3. The Kier molecular flexibility index (Phi) is 2.88. The van der Waals surface area contributed by atoms with Crippen molar-refractivity contribution in [3.05, 3.63) is 34.2 Å². The van der Waals surface area contributed by atoms with Crippen molar-refractivity contribution in [1.82, 2.24) is 0 Å². The molecular weight excluding hydrogens is 232 g/mol. The second kappa shape index (κ2) is 4.23. The predicted octanol–water partition coefficient (Wildman–Crippen LogP) is 2.24. The Morgan fingerprint density at radius 1 is 1.56 bits per heavy atom. The van der Waals surface area contributed by atoms with Gasteiger partial charge in [-0.15, -0.1) is 0 Å². The van der Waals surface area contributed by atoms with Gasteiger partial charge >= 0.3 is 0 Å². The third-order valence-electron chi connectivity index (χ3n) is 3.39. The first-order valence-corrected chi connectivity index (χ1v) is 5.52. The van der Waals surface area contributed by atoms with E-state index in [-0.39, 0.29) is 12.5 Å². The second-order valence-corrected chi connectivity index (χ2v) is 4.47. The molecule has 0 saturated carbocycles. The first-order valence-electron chi connectivity index (χ1n) is 5.52. The number of amides is 1. The average molecular weight is 246 g/mol. The number of methoxy groups -OCH3 is 1. The maximum absolute atomic E-state index is 12.3. The molecular formula is C12H14N4O2. The Labute approximate surface area is 105 Å². The van der Waals surface area contributed by atoms with Gasteiger partial charge in [-0.05, 0) is 36.2 Å². The van der Waals surface area contributed by atoms with Gasteiger partial charge in [0.2, 0.25) is 5.91 Å². The predicted molar refractivity (Wildman–Crippen MR) is 67.8 cm³/mol. The number of carbonyl (C=O) groups is 1. The van der Waals surface area contributed by atoms with Gasteiger partial charge in [-0.3, -0.25) is 4.79 Å². The number of rotatable bonds is 3. The lowest BCUT2D eigenvalue weighted by molar-refractivity contribution is -0.122. The zero-order valence-corrected chi connectivity index (χ0v) is 10.5. The van der Waals surface area contributed by atoms with Crippen LogP contribution < -0.4 is 9.64 Å². The summed E-state index contributed by atoms with van der Waals surface area (Å²) in [5.41, 5.74) is 9.30. The summed E-state index contributed by atoms with van der Waals surface area (Å²) in [7, 11) is 3.29. The highest BCUT2D eigenvalue weighted by atomic mass is 16.5. The van der Waals surface area contributed by atoms with E-state index in [1.54, 1.807) is 26.0 Å². The summed E-state index contributed by atoms with van der Waals surface area (Å²) in [6.45, 7) is 1.89. The first-order chi connectivity index (χ1) is 8.54. The number of azide groups is 1. The van der Waals surface area contributed by atoms with Crippen molar-refractivity contribution in [2.75, 3.05) is 25.6 Å². The third kappa shape index (κ3) is 1.58. The Balaban J connectivity index is 2.58. The van der Waals surface area contributed by atoms with Crippen molar-refractivity contribution >= 4 is 11.6 Å². The van der Waals surface area contributed by atoms with Crippen molar-refractivity contribution < 1.29 is 9.53 Å². The SMILES string of the molecule is COc1ccc2c(c1)[C@@](C)(CN=[N+]=[N-])C(=O)N2C. The van der Waals surface area contributed by atoms with E-state index in [9.17, 15) is 4.79 Å². The van der Waals surface area contributed by atoms with Gasteiger partial charge in [0.05, 0.1) is 12.5 Å². The molecule has 0 spiro atoms. The summed E-state index contributed by atoms with van der Waals surface area (Å²) in [6, 6.07) is 5.47. The monoisotopic (exact) mass is 246 g/mol. The van der Waals surface area contributed by atoms with E-state index < -0.39 is 5.41 Å². The molecule has 6 nitrogen and oxygen atoms in total. The van der Waals surface area contributed by atoms with Crippen LogP contribution in [-0.2, 0) is 10.2 Å². The van der Waals surface area contributed by atoms with E-state index >= 15 is 0 Å². The number of fused-ring (bicyclic) bond motifs is 1. The summed E-state index contributed by atoms with van der Waals surface area (Å²) < 4.78 is 5.17. The Bertz CT molecular complexity index is 551. The molecule has 0 unspecified atom stereocenters. The number of nitrogens with zero attached hydrogens (tertiary/aromatic N) is 4. The molecule has 1 amide bonds. The molecule has 1 aliphatic rings. The normalized spacial score (nSPS) is 21.5. The summed E-state index contributed by atoms with van der Waals surface area (Å²) >= 11 is 0. The van der Waals surface area contributed by atoms with Crippen LogP contribution in [0.15, 0.2) is 23.3 Å². The fourth-order valence-electron chi connectivity index (χ4n) is 2.30. The van der Waals surface area contributed by atoms with Crippen molar-refractivity contribution in [3.8, 4) is 5.75 Å². The number of ether oxygens (including phenoxy) is 1. The lowest BCUT2D eigenvalue weighted by atomic mass is 9.84. The molecule has 0 aromatic heterocycles. The summed E-state index contributed by atoms with van der Waals surface area (Å²) in [5, 5.41) is 3.56. The van der Waals surface area contributed by atoms with E-state index in [1.807, 2.05) is 18.2 Å². The topological polar surface area (TPSA) is 78.3 Å². The summed E-state index contributed by atoms with van der Waals surface area (Å²) in [4.78, 5) is 16.6. The Morgan fingerprint density at radius 3 is 2.89 bits per heavy atom. The van der Waals surface area contributed by atoms with Gasteiger partial charge in [0.25, 0.3) is 0 Å². The molecule has 1 heterocycles. The Morgan fingerprint density at radius 2 is 2.28 bits per heavy atom. The van der Waals surface area contributed by atoms with Crippen LogP contribution in [0.3, 0.4) is 0 Å². The summed E-state index contributed by atoms with van der Waals surface area (Å²) in [6.07, 6.45) is 0. The number of benzene rings is 1. The van der Waals surface area contributed by atoms with E-state index in [0.717, 1.165) is 11.3 Å². The molecule has 94 valence electrons. The van der Waals surface area contributed by atoms with Gasteiger partial charge in [0.1, 0.15) is 5.75 Å². The van der Waals surface area contributed by atoms with Gasteiger partial charge in [0.15, 0.2) is 0 Å². The molecule has 6 heteroatoms. The molecule has 1 aliphatic heterocycles. The molecule has 18 heavy (non-hydrogen) atoms. The number of carbonyl (C=O) groups excluding carboxylic acids is 1. The van der Waals surface area contributed by atoms with E-state index in [2.05, 4.69) is 10.0 Å². The standard InChI is InChI=1S/C12H14N4O2/c1-12(7-14-15-13)9-6-8(18-3)4-5-10(9)16(2)11(12)17/h4-6H,7H2,1-3H3/t12-/m1/s1. The van der Waals surface area contributed by atoms with Crippen LogP contribution in [0, 0.1) is 0 Å². The molecule has 0 fully saturated rings. The van der Waals surface area contributed by atoms with Crippen molar-refractivity contribution in [3.63, 3.8) is 0 Å². The number of likely N-dealkylation sites (N-methyl/N-ethyl adjacent to an activating group) is 1. The molecule has 1 aromatic carbocycles. The molecule has 1 aromatic rings. The lowest BCUT2D eigenvalue weighted by Crippen LogP contribution is -2.38. The Hall–Kier alpha value is -2.20. The van der Waals surface area contributed by atoms with Gasteiger partial charge < -0.3 is 9.64 Å². The molecule has 0 N–H and O–H groups in total. The largest absolute Gasteiger partial charge is 0.497 e. The van der Waals surface area contributed by atoms with Gasteiger partial charge in [-0.25, -0.2) is 0 Å². The van der Waals surface area contributed by atoms with Crippen LogP contribution >= 0.6 is 0 Å². The zero-order valence-electron chi connectivity index (χ0n) is 10.5. The van der Waals surface area contributed by atoms with Crippen molar-refractivity contribution in [2.24, 2.45) is 5.11 Å². The maximum atomic E-state index is 12.3. The van der Waals surface area contributed by atoms with Crippen LogP contribution in [0.1, 0.15) is 12.5 Å². The molecule has 2 rings (SSSR count). The lowest BCUT2D eigenvalue weighted by Gasteiger charge is -2.20. The van der Waals surface area contributed by atoms with Crippen molar-refractivity contribution in [2.45, 2.75) is 12.3 Å². The molecule has 0 radical (unpaired) electrons. The number of hydrogen-bond acceptors (Lipinski definition) is 3. The molecule has 1 atom stereocenters. The van der Waals surface area contributed by atoms with Crippen LogP contribution in [0.4, 0.5) is 5.69 Å². The van der Waals surface area contributed by atoms with Crippen LogP contribution in [0.2, 0.25) is 0 Å². The summed E-state index contributed by atoms with van der Waals surface area (Å²) in [5.74, 6) is 0.613. The van der Waals surface area contributed by atoms with Gasteiger partial charge in [-0.1, -0.05) is 5.11 Å². The molecule has 0 bridgehead atoms. The second-order valence-electron chi connectivity index (χ2n) is 4.47. The molecule has 0 saturated heterocycles. The van der Waals surface area contributed by atoms with Gasteiger partial charge in [-0.2, -0.15) is 0 Å². The highest BCUT2D eigenvalue weighted by Gasteiger charge is 2.45. The average Bonchev–Trinajstić information content (AvgIpc) is 2.59. The smallest absolute Gasteiger partial charge is 0.237 e. The van der Waals surface area contributed by atoms with Gasteiger partial charge in [0, 0.05) is 24.2 Å². The van der Waals surface area contributed by atoms with Crippen LogP contribution in [0.5, 0.6) is 5.75 Å². The van der Waals surface area contributed by atoms with E-state index in [0.29, 0.717) is 5.75 Å². The minimum Gasteiger partial charge on any atom is -0.497 e. The maximum Gasteiger partial charge on any atom is 0.237 e. The van der Waals surface area contributed by atoms with Crippen LogP contribution in [-0.4, -0.2) is 26.6 Å². The highest BCUT2D eigenvalue weighted by Crippen LogP contribution is 2.42. The zero-order chi connectivity index (χ0) is 13.3. The van der Waals surface area contributed by atoms with Crippen molar-refractivity contribution in [1.29, 1.82) is 0 Å². The third-order valence-corrected chi connectivity index (χ3v) is 3.39. The minimum atomic E-state index is -0.815. The van der Waals surface area contributed by atoms with E-state index in [4.69, 9.17) is 10.3 Å². The quantitative estimate of drug-likeness (QED) is 0.465. The fourth-order valence-corrected chi connectivity index (χ4v) is 2.30. The number of anilines is 1. The minimum absolute atomic E-state index is 0.0712. The fraction of sp³-hybridized carbons (Fsp3) is 0.417.